The number of nitrogens with one attached hydrogen (secondary N) is 2. The van der Waals surface area contributed by atoms with Crippen molar-refractivity contribution in [3.8, 4) is 0 Å². The number of piperidine rings is 1. The van der Waals surface area contributed by atoms with Gasteiger partial charge >= 0.3 is 5.97 Å². The Labute approximate surface area is 212 Å². The van der Waals surface area contributed by atoms with Gasteiger partial charge in [0.2, 0.25) is 15.9 Å². The zero-order valence-corrected chi connectivity index (χ0v) is 21.2. The number of carbonyl (C=O) groups excluding carboxylic acids is 2. The van der Waals surface area contributed by atoms with E-state index in [9.17, 15) is 18.0 Å². The predicted octanol–water partition coefficient (Wildman–Crippen LogP) is 3.63. The Balaban J connectivity index is 1.35. The minimum atomic E-state index is -3.51. The largest absolute Gasteiger partial charge is 0.466 e. The number of benzene rings is 2. The molecule has 1 heterocycles. The van der Waals surface area contributed by atoms with Crippen LogP contribution in [0.1, 0.15) is 44.1 Å². The van der Waals surface area contributed by atoms with Gasteiger partial charge in [0.05, 0.1) is 17.9 Å². The van der Waals surface area contributed by atoms with Gasteiger partial charge in [0, 0.05) is 25.2 Å². The van der Waals surface area contributed by atoms with Crippen LogP contribution in [-0.4, -0.2) is 49.4 Å². The Kier molecular flexibility index (Phi) is 10.2. The van der Waals surface area contributed by atoms with Crippen LogP contribution < -0.4 is 10.6 Å². The number of thiocarbonyl (C=S) groups is 1. The maximum atomic E-state index is 12.7. The molecule has 2 N–H and O–H groups in total. The van der Waals surface area contributed by atoms with Crippen molar-refractivity contribution in [1.82, 2.24) is 9.62 Å². The van der Waals surface area contributed by atoms with Crippen LogP contribution in [0.3, 0.4) is 0 Å². The number of rotatable bonds is 10. The van der Waals surface area contributed by atoms with Gasteiger partial charge in [0.1, 0.15) is 0 Å². The first-order valence-electron chi connectivity index (χ1n) is 11.8. The van der Waals surface area contributed by atoms with Gasteiger partial charge in [-0.3, -0.25) is 9.59 Å². The number of ether oxygens (including phenoxy) is 1. The van der Waals surface area contributed by atoms with E-state index in [1.54, 1.807) is 12.1 Å². The molecule has 0 bridgehead atoms. The van der Waals surface area contributed by atoms with E-state index < -0.39 is 21.9 Å². The van der Waals surface area contributed by atoms with E-state index in [0.29, 0.717) is 31.8 Å². The summed E-state index contributed by atoms with van der Waals surface area (Å²) < 4.78 is 32.1. The molecule has 1 aliphatic rings. The standard InChI is InChI=1S/C25H31N3O5S2/c29-23(15-16-24(30)33-19-7-10-20-8-3-1-4-9-20)27-25(34)26-21-11-13-22(14-12-21)35(31,32)28-17-5-2-6-18-28/h1,3-4,8-9,11-14H,2,5-7,10,15-19H2,(H2,26,27,29,34). The fourth-order valence-corrected chi connectivity index (χ4v) is 5.46. The third kappa shape index (κ3) is 8.72. The number of hydrogen-bond donors (Lipinski definition) is 2. The van der Waals surface area contributed by atoms with Crippen LogP contribution in [0.5, 0.6) is 0 Å². The van der Waals surface area contributed by atoms with Gasteiger partial charge in [-0.2, -0.15) is 4.31 Å². The summed E-state index contributed by atoms with van der Waals surface area (Å²) in [5.74, 6) is -0.842. The first-order chi connectivity index (χ1) is 16.8. The molecule has 1 aliphatic heterocycles. The molecule has 0 atom stereocenters. The highest BCUT2D eigenvalue weighted by atomic mass is 32.2. The number of esters is 1. The van der Waals surface area contributed by atoms with Crippen molar-refractivity contribution in [2.75, 3.05) is 25.0 Å². The lowest BCUT2D eigenvalue weighted by Crippen LogP contribution is -2.35. The quantitative estimate of drug-likeness (QED) is 0.282. The molecule has 2 aromatic carbocycles. The molecule has 0 unspecified atom stereocenters. The molecule has 2 aromatic rings. The summed E-state index contributed by atoms with van der Waals surface area (Å²) in [5, 5.41) is 5.43. The first-order valence-corrected chi connectivity index (χ1v) is 13.6. The van der Waals surface area contributed by atoms with Gasteiger partial charge in [-0.25, -0.2) is 8.42 Å². The van der Waals surface area contributed by atoms with Crippen LogP contribution in [0, 0.1) is 0 Å². The number of nitrogens with zero attached hydrogens (tertiary/aromatic N) is 1. The predicted molar refractivity (Wildman–Crippen MR) is 138 cm³/mol. The Morgan fingerprint density at radius 1 is 0.943 bits per heavy atom. The summed E-state index contributed by atoms with van der Waals surface area (Å²) in [7, 11) is -3.51. The van der Waals surface area contributed by atoms with Gasteiger partial charge < -0.3 is 15.4 Å². The van der Waals surface area contributed by atoms with Gasteiger partial charge in [0.15, 0.2) is 5.11 Å². The molecule has 1 saturated heterocycles. The summed E-state index contributed by atoms with van der Waals surface area (Å²) in [6, 6.07) is 16.2. The smallest absolute Gasteiger partial charge is 0.306 e. The van der Waals surface area contributed by atoms with Crippen LogP contribution in [0.15, 0.2) is 59.5 Å². The number of anilines is 1. The van der Waals surface area contributed by atoms with Crippen LogP contribution in [0.4, 0.5) is 5.69 Å². The zero-order chi connectivity index (χ0) is 25.1. The molecule has 0 radical (unpaired) electrons. The maximum Gasteiger partial charge on any atom is 0.306 e. The molecular formula is C25H31N3O5S2. The molecule has 0 aliphatic carbocycles. The summed E-state index contributed by atoms with van der Waals surface area (Å²) in [5.41, 5.74) is 1.73. The second-order valence-electron chi connectivity index (χ2n) is 8.30. The number of carbonyl (C=O) groups is 2. The van der Waals surface area contributed by atoms with Gasteiger partial charge in [0.25, 0.3) is 0 Å². The molecule has 3 rings (SSSR count). The normalized spacial score (nSPS) is 14.2. The summed E-state index contributed by atoms with van der Waals surface area (Å²) in [6.45, 7) is 1.39. The lowest BCUT2D eigenvalue weighted by molar-refractivity contribution is -0.145. The highest BCUT2D eigenvalue weighted by molar-refractivity contribution is 7.89. The highest BCUT2D eigenvalue weighted by Gasteiger charge is 2.25. The average Bonchev–Trinajstić information content (AvgIpc) is 2.87. The molecule has 0 aromatic heterocycles. The van der Waals surface area contributed by atoms with Crippen molar-refractivity contribution >= 4 is 44.9 Å². The van der Waals surface area contributed by atoms with E-state index in [1.165, 1.54) is 22.0 Å². The van der Waals surface area contributed by atoms with Crippen LogP contribution in [0.25, 0.3) is 0 Å². The zero-order valence-electron chi connectivity index (χ0n) is 19.6. The van der Waals surface area contributed by atoms with Crippen molar-refractivity contribution < 1.29 is 22.7 Å². The topological polar surface area (TPSA) is 105 Å². The van der Waals surface area contributed by atoms with E-state index in [2.05, 4.69) is 10.6 Å². The summed E-state index contributed by atoms with van der Waals surface area (Å²) in [4.78, 5) is 24.2. The van der Waals surface area contributed by atoms with Crippen molar-refractivity contribution in [1.29, 1.82) is 0 Å². The maximum absolute atomic E-state index is 12.7. The Morgan fingerprint density at radius 2 is 1.63 bits per heavy atom. The first kappa shape index (κ1) is 26.8. The van der Waals surface area contributed by atoms with Crippen molar-refractivity contribution in [2.45, 2.75) is 49.8 Å². The minimum absolute atomic E-state index is 0.0388. The lowest BCUT2D eigenvalue weighted by atomic mass is 10.1. The SMILES string of the molecule is O=C(CCC(=O)OCCCc1ccccc1)NC(=S)Nc1ccc(S(=O)(=O)N2CCCCC2)cc1. The van der Waals surface area contributed by atoms with Crippen LogP contribution >= 0.6 is 12.2 Å². The number of aryl methyl sites for hydroxylation is 1. The van der Waals surface area contributed by atoms with Gasteiger partial charge in [-0.15, -0.1) is 0 Å². The van der Waals surface area contributed by atoms with Gasteiger partial charge in [-0.1, -0.05) is 36.8 Å². The molecule has 1 amide bonds. The molecule has 0 saturated carbocycles. The molecule has 1 fully saturated rings. The second kappa shape index (κ2) is 13.3. The second-order valence-corrected chi connectivity index (χ2v) is 10.6. The fraction of sp³-hybridized carbons (Fsp3) is 0.400. The van der Waals surface area contributed by atoms with Crippen molar-refractivity contribution in [3.05, 3.63) is 60.2 Å². The summed E-state index contributed by atoms with van der Waals surface area (Å²) in [6.07, 6.45) is 4.24. The molecule has 35 heavy (non-hydrogen) atoms. The molecule has 0 spiro atoms. The summed E-state index contributed by atoms with van der Waals surface area (Å²) >= 11 is 5.15. The van der Waals surface area contributed by atoms with Crippen LogP contribution in [0.2, 0.25) is 0 Å². The third-order valence-electron chi connectivity index (χ3n) is 5.59. The van der Waals surface area contributed by atoms with E-state index in [0.717, 1.165) is 25.7 Å². The van der Waals surface area contributed by atoms with Gasteiger partial charge in [-0.05, 0) is 67.7 Å². The Bertz CT molecular complexity index is 1100. The number of hydrogen-bond acceptors (Lipinski definition) is 6. The highest BCUT2D eigenvalue weighted by Crippen LogP contribution is 2.22. The Morgan fingerprint density at radius 3 is 2.31 bits per heavy atom. The fourth-order valence-electron chi connectivity index (χ4n) is 3.71. The average molecular weight is 518 g/mol. The molecular weight excluding hydrogens is 486 g/mol. The molecule has 8 nitrogen and oxygen atoms in total. The molecule has 188 valence electrons. The lowest BCUT2D eigenvalue weighted by Gasteiger charge is -2.25. The number of sulfonamides is 1. The van der Waals surface area contributed by atoms with Crippen molar-refractivity contribution in [2.24, 2.45) is 0 Å². The van der Waals surface area contributed by atoms with E-state index in [4.69, 9.17) is 17.0 Å². The van der Waals surface area contributed by atoms with E-state index >= 15 is 0 Å². The minimum Gasteiger partial charge on any atom is -0.466 e. The van der Waals surface area contributed by atoms with Crippen LogP contribution in [-0.2, 0) is 30.8 Å². The monoisotopic (exact) mass is 517 g/mol. The van der Waals surface area contributed by atoms with E-state index in [1.807, 2.05) is 30.3 Å². The van der Waals surface area contributed by atoms with Crippen molar-refractivity contribution in [3.63, 3.8) is 0 Å². The Hall–Kier alpha value is -2.82. The van der Waals surface area contributed by atoms with E-state index in [-0.39, 0.29) is 22.8 Å². The third-order valence-corrected chi connectivity index (χ3v) is 7.71. The molecule has 10 heteroatoms. The number of amides is 1.